The van der Waals surface area contributed by atoms with E-state index in [1.807, 2.05) is 12.1 Å². The van der Waals surface area contributed by atoms with Gasteiger partial charge in [0.2, 0.25) is 11.8 Å². The van der Waals surface area contributed by atoms with Crippen LogP contribution >= 0.6 is 15.9 Å². The third-order valence-electron chi connectivity index (χ3n) is 7.79. The predicted molar refractivity (Wildman–Crippen MR) is 153 cm³/mol. The fraction of sp³-hybridized carbons (Fsp3) is 0.367. The number of ether oxygens (including phenoxy) is 1. The van der Waals surface area contributed by atoms with Gasteiger partial charge in [-0.25, -0.2) is 14.4 Å². The van der Waals surface area contributed by atoms with Crippen LogP contribution in [0.1, 0.15) is 60.0 Å². The van der Waals surface area contributed by atoms with Gasteiger partial charge in [0.05, 0.1) is 11.7 Å². The summed E-state index contributed by atoms with van der Waals surface area (Å²) in [5, 5.41) is 2.96. The van der Waals surface area contributed by atoms with Gasteiger partial charge in [-0.05, 0) is 86.7 Å². The van der Waals surface area contributed by atoms with Crippen LogP contribution in [0.5, 0.6) is 5.88 Å². The number of piperidine rings is 1. The van der Waals surface area contributed by atoms with E-state index >= 15 is 0 Å². The second-order valence-corrected chi connectivity index (χ2v) is 11.3. The maximum atomic E-state index is 13.4. The number of fused-ring (bicyclic) bond motifs is 1. The molecule has 1 saturated heterocycles. The topological polar surface area (TPSA) is 72.3 Å². The number of anilines is 1. The molecule has 2 aliphatic rings. The lowest BCUT2D eigenvalue weighted by Gasteiger charge is -2.37. The van der Waals surface area contributed by atoms with Gasteiger partial charge in [0.15, 0.2) is 0 Å². The van der Waals surface area contributed by atoms with Gasteiger partial charge >= 0.3 is 0 Å². The molecular formula is C30H31BrFN5O2. The van der Waals surface area contributed by atoms with Crippen LogP contribution in [0.15, 0.2) is 65.3 Å². The van der Waals surface area contributed by atoms with E-state index in [0.717, 1.165) is 42.5 Å². The molecule has 4 aromatic rings. The van der Waals surface area contributed by atoms with E-state index < -0.39 is 0 Å². The van der Waals surface area contributed by atoms with Crippen LogP contribution in [0.25, 0.3) is 11.0 Å². The second-order valence-electron chi connectivity index (χ2n) is 10.4. The largest absolute Gasteiger partial charge is 0.476 e. The van der Waals surface area contributed by atoms with Crippen molar-refractivity contribution in [1.82, 2.24) is 19.4 Å². The van der Waals surface area contributed by atoms with Gasteiger partial charge in [-0.2, -0.15) is 0 Å². The molecule has 7 nitrogen and oxygen atoms in total. The van der Waals surface area contributed by atoms with Crippen molar-refractivity contribution >= 4 is 38.8 Å². The van der Waals surface area contributed by atoms with Gasteiger partial charge < -0.3 is 9.30 Å². The van der Waals surface area contributed by atoms with Crippen LogP contribution in [0, 0.1) is 5.82 Å². The number of carbonyl (C=O) groups is 1. The third kappa shape index (κ3) is 5.84. The van der Waals surface area contributed by atoms with E-state index in [4.69, 9.17) is 9.72 Å². The van der Waals surface area contributed by atoms with E-state index in [9.17, 15) is 9.18 Å². The summed E-state index contributed by atoms with van der Waals surface area (Å²) in [6.07, 6.45) is 7.36. The fourth-order valence-corrected chi connectivity index (χ4v) is 6.00. The highest BCUT2D eigenvalue weighted by molar-refractivity contribution is 9.10. The zero-order chi connectivity index (χ0) is 26.8. The number of hydrogen-bond acceptors (Lipinski definition) is 5. The van der Waals surface area contributed by atoms with Crippen molar-refractivity contribution in [1.29, 1.82) is 0 Å². The minimum atomic E-state index is -0.384. The summed E-state index contributed by atoms with van der Waals surface area (Å²) in [5.74, 6) is 0.725. The number of imidazole rings is 1. The molecule has 0 atom stereocenters. The Kier molecular flexibility index (Phi) is 7.61. The smallest absolute Gasteiger partial charge is 0.257 e. The molecule has 0 spiro atoms. The lowest BCUT2D eigenvalue weighted by Crippen LogP contribution is -2.33. The summed E-state index contributed by atoms with van der Waals surface area (Å²) >= 11 is 3.58. The number of likely N-dealkylation sites (tertiary alicyclic amines) is 1. The number of halogens is 2. The first-order valence-corrected chi connectivity index (χ1v) is 14.4. The van der Waals surface area contributed by atoms with Crippen LogP contribution in [0.2, 0.25) is 0 Å². The first-order valence-electron chi connectivity index (χ1n) is 13.6. The quantitative estimate of drug-likeness (QED) is 0.251. The first kappa shape index (κ1) is 26.0. The van der Waals surface area contributed by atoms with E-state index in [1.54, 1.807) is 6.20 Å². The van der Waals surface area contributed by atoms with Crippen LogP contribution < -0.4 is 10.1 Å². The Labute approximate surface area is 235 Å². The summed E-state index contributed by atoms with van der Waals surface area (Å²) in [4.78, 5) is 24.7. The summed E-state index contributed by atoms with van der Waals surface area (Å²) in [6.45, 7) is 3.71. The van der Waals surface area contributed by atoms with E-state index in [0.29, 0.717) is 35.4 Å². The molecule has 9 heteroatoms. The lowest BCUT2D eigenvalue weighted by molar-refractivity contribution is 0.102. The van der Waals surface area contributed by atoms with Crippen molar-refractivity contribution in [3.63, 3.8) is 0 Å². The van der Waals surface area contributed by atoms with Gasteiger partial charge in [-0.15, -0.1) is 0 Å². The molecule has 0 unspecified atom stereocenters. The van der Waals surface area contributed by atoms with Crippen LogP contribution in [0.4, 0.5) is 10.3 Å². The Bertz CT molecular complexity index is 1460. The molecule has 202 valence electrons. The van der Waals surface area contributed by atoms with Gasteiger partial charge in [0, 0.05) is 28.7 Å². The van der Waals surface area contributed by atoms with E-state index in [-0.39, 0.29) is 17.8 Å². The fourth-order valence-electron chi connectivity index (χ4n) is 5.59. The molecular weight excluding hydrogens is 561 g/mol. The number of nitrogens with zero attached hydrogens (tertiary/aromatic N) is 4. The first-order chi connectivity index (χ1) is 19.0. The van der Waals surface area contributed by atoms with Crippen molar-refractivity contribution in [2.24, 2.45) is 0 Å². The number of hydrogen-bond donors (Lipinski definition) is 1. The SMILES string of the molecule is O=C(Nc1nc2cnc(OCCN3CCCCC3)cc2n1C1CC(c2cccc(Br)c2)C1)c1ccc(F)cc1. The minimum Gasteiger partial charge on any atom is -0.476 e. The Morgan fingerprint density at radius 3 is 2.64 bits per heavy atom. The molecule has 1 amide bonds. The molecule has 1 aliphatic carbocycles. The summed E-state index contributed by atoms with van der Waals surface area (Å²) in [5.41, 5.74) is 3.24. The molecule has 0 bridgehead atoms. The van der Waals surface area contributed by atoms with Crippen molar-refractivity contribution in [2.75, 3.05) is 31.6 Å². The van der Waals surface area contributed by atoms with Crippen LogP contribution in [0.3, 0.4) is 0 Å². The molecule has 0 radical (unpaired) electrons. The summed E-state index contributed by atoms with van der Waals surface area (Å²) < 4.78 is 22.6. The Morgan fingerprint density at radius 2 is 1.87 bits per heavy atom. The lowest BCUT2D eigenvalue weighted by atomic mass is 9.75. The van der Waals surface area contributed by atoms with Gasteiger partial charge in [-0.1, -0.05) is 34.5 Å². The number of aromatic nitrogens is 3. The Hall–Kier alpha value is -3.30. The number of pyridine rings is 1. The maximum absolute atomic E-state index is 13.4. The van der Waals surface area contributed by atoms with E-state index in [1.165, 1.54) is 49.1 Å². The van der Waals surface area contributed by atoms with Crippen molar-refractivity contribution in [3.8, 4) is 5.88 Å². The number of benzene rings is 2. The van der Waals surface area contributed by atoms with E-state index in [2.05, 4.69) is 53.9 Å². The zero-order valence-electron chi connectivity index (χ0n) is 21.7. The molecule has 2 aromatic carbocycles. The Morgan fingerprint density at radius 1 is 1.08 bits per heavy atom. The van der Waals surface area contributed by atoms with Crippen LogP contribution in [-0.2, 0) is 0 Å². The molecule has 2 aromatic heterocycles. The molecule has 1 aliphatic heterocycles. The van der Waals surface area contributed by atoms with Gasteiger partial charge in [-0.3, -0.25) is 15.0 Å². The zero-order valence-corrected chi connectivity index (χ0v) is 23.2. The maximum Gasteiger partial charge on any atom is 0.257 e. The van der Waals surface area contributed by atoms with Crippen molar-refractivity contribution in [3.05, 3.63) is 82.2 Å². The van der Waals surface area contributed by atoms with Crippen LogP contribution in [-0.4, -0.2) is 51.6 Å². The third-order valence-corrected chi connectivity index (χ3v) is 8.28. The molecule has 3 heterocycles. The number of nitrogens with one attached hydrogen (secondary N) is 1. The summed E-state index contributed by atoms with van der Waals surface area (Å²) in [6, 6.07) is 16.0. The van der Waals surface area contributed by atoms with Crippen molar-refractivity contribution in [2.45, 2.75) is 44.1 Å². The molecule has 1 N–H and O–H groups in total. The van der Waals surface area contributed by atoms with Gasteiger partial charge in [0.1, 0.15) is 17.9 Å². The average molecular weight is 593 g/mol. The number of rotatable bonds is 8. The molecule has 2 fully saturated rings. The predicted octanol–water partition coefficient (Wildman–Crippen LogP) is 6.57. The highest BCUT2D eigenvalue weighted by atomic mass is 79.9. The molecule has 39 heavy (non-hydrogen) atoms. The average Bonchev–Trinajstić information content (AvgIpc) is 3.26. The van der Waals surface area contributed by atoms with Crippen molar-refractivity contribution < 1.29 is 13.9 Å². The monoisotopic (exact) mass is 591 g/mol. The summed E-state index contributed by atoms with van der Waals surface area (Å²) in [7, 11) is 0. The Balaban J connectivity index is 1.25. The molecule has 1 saturated carbocycles. The standard InChI is InChI=1S/C30H31BrFN5O2/c31-23-6-4-5-21(15-23)22-16-25(17-22)37-27-18-28(39-14-13-36-11-2-1-3-12-36)33-19-26(27)34-30(37)35-29(38)20-7-9-24(32)10-8-20/h4-10,15,18-19,22,25H,1-3,11-14,16-17H2,(H,34,35,38). The van der Waals surface area contributed by atoms with Gasteiger partial charge in [0.25, 0.3) is 5.91 Å². The number of amides is 1. The molecule has 6 rings (SSSR count). The normalized spacial score (nSPS) is 19.5. The second kappa shape index (κ2) is 11.4. The highest BCUT2D eigenvalue weighted by Crippen LogP contribution is 2.47. The highest BCUT2D eigenvalue weighted by Gasteiger charge is 2.34. The minimum absolute atomic E-state index is 0.158. The number of carbonyl (C=O) groups excluding carboxylic acids is 1.